The van der Waals surface area contributed by atoms with Crippen molar-refractivity contribution in [1.82, 2.24) is 10.2 Å². The van der Waals surface area contributed by atoms with Crippen molar-refractivity contribution in [3.63, 3.8) is 0 Å². The highest BCUT2D eigenvalue weighted by atomic mass is 32.1. The van der Waals surface area contributed by atoms with Crippen molar-refractivity contribution in [2.45, 2.75) is 39.3 Å². The monoisotopic (exact) mass is 240 g/mol. The number of unbranched alkanes of at least 4 members (excludes halogenated alkanes) is 1. The summed E-state index contributed by atoms with van der Waals surface area (Å²) in [5, 5.41) is 5.65. The van der Waals surface area contributed by atoms with Crippen molar-refractivity contribution in [3.05, 3.63) is 22.4 Å². The summed E-state index contributed by atoms with van der Waals surface area (Å²) >= 11 is 1.84. The molecule has 0 amide bonds. The molecule has 3 heteroatoms. The Bertz CT molecular complexity index is 259. The Morgan fingerprint density at radius 3 is 2.94 bits per heavy atom. The van der Waals surface area contributed by atoms with E-state index in [1.807, 2.05) is 11.3 Å². The van der Waals surface area contributed by atoms with Gasteiger partial charge in [-0.1, -0.05) is 19.4 Å². The summed E-state index contributed by atoms with van der Waals surface area (Å²) in [6, 6.07) is 4.93. The van der Waals surface area contributed by atoms with Crippen LogP contribution in [0.25, 0.3) is 0 Å². The molecule has 1 unspecified atom stereocenters. The van der Waals surface area contributed by atoms with E-state index in [2.05, 4.69) is 48.6 Å². The van der Waals surface area contributed by atoms with E-state index in [-0.39, 0.29) is 0 Å². The molecule has 1 heterocycles. The van der Waals surface area contributed by atoms with Crippen LogP contribution in [0.4, 0.5) is 0 Å². The van der Waals surface area contributed by atoms with Gasteiger partial charge in [0.15, 0.2) is 0 Å². The molecule has 0 aliphatic rings. The summed E-state index contributed by atoms with van der Waals surface area (Å²) in [5.41, 5.74) is 0. The van der Waals surface area contributed by atoms with Gasteiger partial charge in [-0.2, -0.15) is 0 Å². The topological polar surface area (TPSA) is 15.3 Å². The number of thiophene rings is 1. The van der Waals surface area contributed by atoms with E-state index in [4.69, 9.17) is 0 Å². The van der Waals surface area contributed by atoms with E-state index in [9.17, 15) is 0 Å². The molecule has 2 nitrogen and oxygen atoms in total. The second-order valence-corrected chi connectivity index (χ2v) is 5.43. The van der Waals surface area contributed by atoms with Crippen LogP contribution in [-0.4, -0.2) is 31.1 Å². The second kappa shape index (κ2) is 7.82. The third-order valence-corrected chi connectivity index (χ3v) is 3.75. The van der Waals surface area contributed by atoms with Gasteiger partial charge in [0.1, 0.15) is 0 Å². The Hall–Kier alpha value is -0.380. The lowest BCUT2D eigenvalue weighted by Crippen LogP contribution is -2.37. The molecule has 0 aliphatic carbocycles. The first-order valence-electron chi connectivity index (χ1n) is 6.17. The molecule has 0 bridgehead atoms. The van der Waals surface area contributed by atoms with Crippen molar-refractivity contribution >= 4 is 11.3 Å². The first-order chi connectivity index (χ1) is 7.74. The summed E-state index contributed by atoms with van der Waals surface area (Å²) in [6.07, 6.45) is 2.55. The molecular weight excluding hydrogens is 216 g/mol. The molecule has 1 aromatic rings. The van der Waals surface area contributed by atoms with Gasteiger partial charge >= 0.3 is 0 Å². The minimum absolute atomic E-state index is 0.596. The van der Waals surface area contributed by atoms with Crippen LogP contribution in [0.3, 0.4) is 0 Å². The van der Waals surface area contributed by atoms with Gasteiger partial charge in [-0.25, -0.2) is 0 Å². The SMILES string of the molecule is CCCCNCC(C)N(C)Cc1cccs1. The molecule has 1 atom stereocenters. The fraction of sp³-hybridized carbons (Fsp3) is 0.692. The minimum Gasteiger partial charge on any atom is -0.315 e. The maximum atomic E-state index is 3.51. The second-order valence-electron chi connectivity index (χ2n) is 4.40. The molecule has 0 aliphatic heterocycles. The Balaban J connectivity index is 2.17. The number of nitrogens with zero attached hydrogens (tertiary/aromatic N) is 1. The lowest BCUT2D eigenvalue weighted by Gasteiger charge is -2.24. The van der Waals surface area contributed by atoms with Gasteiger partial charge in [0.05, 0.1) is 0 Å². The van der Waals surface area contributed by atoms with Crippen LogP contribution in [0.2, 0.25) is 0 Å². The lowest BCUT2D eigenvalue weighted by atomic mass is 10.2. The predicted molar refractivity (Wildman–Crippen MR) is 73.0 cm³/mol. The molecule has 1 aromatic heterocycles. The predicted octanol–water partition coefficient (Wildman–Crippen LogP) is 2.96. The number of hydrogen-bond acceptors (Lipinski definition) is 3. The molecule has 92 valence electrons. The summed E-state index contributed by atoms with van der Waals surface area (Å²) in [7, 11) is 2.20. The van der Waals surface area contributed by atoms with Gasteiger partial charge < -0.3 is 5.32 Å². The highest BCUT2D eigenvalue weighted by molar-refractivity contribution is 7.09. The number of rotatable bonds is 8. The molecule has 1 N–H and O–H groups in total. The molecule has 0 radical (unpaired) electrons. The Kier molecular flexibility index (Phi) is 6.69. The Morgan fingerprint density at radius 1 is 1.50 bits per heavy atom. The van der Waals surface area contributed by atoms with E-state index < -0.39 is 0 Å². The van der Waals surface area contributed by atoms with Crippen LogP contribution in [0.1, 0.15) is 31.6 Å². The Morgan fingerprint density at radius 2 is 2.31 bits per heavy atom. The van der Waals surface area contributed by atoms with Crippen molar-refractivity contribution < 1.29 is 0 Å². The van der Waals surface area contributed by atoms with Gasteiger partial charge in [0, 0.05) is 24.0 Å². The molecule has 0 aromatic carbocycles. The van der Waals surface area contributed by atoms with Crippen LogP contribution < -0.4 is 5.32 Å². The summed E-state index contributed by atoms with van der Waals surface area (Å²) in [6.45, 7) is 7.81. The van der Waals surface area contributed by atoms with E-state index in [0.29, 0.717) is 6.04 Å². The van der Waals surface area contributed by atoms with E-state index in [1.54, 1.807) is 0 Å². The van der Waals surface area contributed by atoms with Gasteiger partial charge in [0.25, 0.3) is 0 Å². The van der Waals surface area contributed by atoms with Crippen LogP contribution in [0, 0.1) is 0 Å². The summed E-state index contributed by atoms with van der Waals surface area (Å²) in [5.74, 6) is 0. The average Bonchev–Trinajstić information content (AvgIpc) is 2.76. The van der Waals surface area contributed by atoms with E-state index >= 15 is 0 Å². The van der Waals surface area contributed by atoms with Crippen LogP contribution in [-0.2, 0) is 6.54 Å². The average molecular weight is 240 g/mol. The number of hydrogen-bond donors (Lipinski definition) is 1. The first-order valence-corrected chi connectivity index (χ1v) is 7.05. The zero-order chi connectivity index (χ0) is 11.8. The zero-order valence-corrected chi connectivity index (χ0v) is 11.5. The standard InChI is InChI=1S/C13H24N2S/c1-4-5-8-14-10-12(2)15(3)11-13-7-6-9-16-13/h6-7,9,12,14H,4-5,8,10-11H2,1-3H3. The molecule has 1 rings (SSSR count). The maximum Gasteiger partial charge on any atom is 0.0328 e. The molecule has 0 spiro atoms. The van der Waals surface area contributed by atoms with Crippen molar-refractivity contribution in [3.8, 4) is 0 Å². The highest BCUT2D eigenvalue weighted by Crippen LogP contribution is 2.12. The maximum absolute atomic E-state index is 3.51. The van der Waals surface area contributed by atoms with E-state index in [1.165, 1.54) is 17.7 Å². The third-order valence-electron chi connectivity index (χ3n) is 2.88. The molecule has 0 saturated heterocycles. The largest absolute Gasteiger partial charge is 0.315 e. The normalized spacial score (nSPS) is 13.2. The van der Waals surface area contributed by atoms with Gasteiger partial charge in [-0.15, -0.1) is 11.3 Å². The first kappa shape index (κ1) is 13.7. The van der Waals surface area contributed by atoms with Gasteiger partial charge in [-0.3, -0.25) is 4.90 Å². The lowest BCUT2D eigenvalue weighted by molar-refractivity contribution is 0.245. The third kappa shape index (κ3) is 5.10. The van der Waals surface area contributed by atoms with Crippen molar-refractivity contribution in [2.75, 3.05) is 20.1 Å². The molecular formula is C13H24N2S. The van der Waals surface area contributed by atoms with Crippen LogP contribution in [0.5, 0.6) is 0 Å². The van der Waals surface area contributed by atoms with Crippen LogP contribution in [0.15, 0.2) is 17.5 Å². The number of nitrogens with one attached hydrogen (secondary N) is 1. The van der Waals surface area contributed by atoms with E-state index in [0.717, 1.165) is 19.6 Å². The molecule has 0 fully saturated rings. The summed E-state index contributed by atoms with van der Waals surface area (Å²) < 4.78 is 0. The smallest absolute Gasteiger partial charge is 0.0328 e. The summed E-state index contributed by atoms with van der Waals surface area (Å²) in [4.78, 5) is 3.85. The van der Waals surface area contributed by atoms with Crippen molar-refractivity contribution in [2.24, 2.45) is 0 Å². The zero-order valence-electron chi connectivity index (χ0n) is 10.7. The minimum atomic E-state index is 0.596. The fourth-order valence-electron chi connectivity index (χ4n) is 1.57. The Labute approximate surface area is 104 Å². The quantitative estimate of drug-likeness (QED) is 0.703. The fourth-order valence-corrected chi connectivity index (χ4v) is 2.34. The molecule has 0 saturated carbocycles. The highest BCUT2D eigenvalue weighted by Gasteiger charge is 2.09. The number of likely N-dealkylation sites (N-methyl/N-ethyl adjacent to an activating group) is 1. The van der Waals surface area contributed by atoms with Gasteiger partial charge in [0.2, 0.25) is 0 Å². The molecule has 16 heavy (non-hydrogen) atoms. The van der Waals surface area contributed by atoms with Crippen molar-refractivity contribution in [1.29, 1.82) is 0 Å². The van der Waals surface area contributed by atoms with Gasteiger partial charge in [-0.05, 0) is 38.4 Å². The van der Waals surface area contributed by atoms with Crippen LogP contribution >= 0.6 is 11.3 Å².